The molecule has 0 spiro atoms. The van der Waals surface area contributed by atoms with Gasteiger partial charge in [0.05, 0.1) is 5.69 Å². The zero-order valence-corrected chi connectivity index (χ0v) is 9.06. The van der Waals surface area contributed by atoms with E-state index in [1.54, 1.807) is 0 Å². The number of hydrogen-bond acceptors (Lipinski definition) is 2. The van der Waals surface area contributed by atoms with E-state index in [9.17, 15) is 0 Å². The van der Waals surface area contributed by atoms with Gasteiger partial charge in [0.2, 0.25) is 0 Å². The Morgan fingerprint density at radius 3 is 2.50 bits per heavy atom. The standard InChI is InChI=1S/C11H19N3/c1-3-9-10(4-2)14-11(13-9)5-8-6-12-7-8/h8,12H,3-7H2,1-2H3,(H,13,14). The third kappa shape index (κ3) is 1.82. The first-order valence-corrected chi connectivity index (χ1v) is 5.60. The molecule has 1 aromatic heterocycles. The summed E-state index contributed by atoms with van der Waals surface area (Å²) >= 11 is 0. The lowest BCUT2D eigenvalue weighted by Gasteiger charge is -2.25. The van der Waals surface area contributed by atoms with Crippen LogP contribution in [0.1, 0.15) is 31.1 Å². The molecule has 0 atom stereocenters. The molecule has 1 aromatic rings. The van der Waals surface area contributed by atoms with Crippen molar-refractivity contribution in [3.05, 3.63) is 17.2 Å². The first-order chi connectivity index (χ1) is 6.83. The lowest BCUT2D eigenvalue weighted by Crippen LogP contribution is -2.43. The van der Waals surface area contributed by atoms with Gasteiger partial charge in [-0.05, 0) is 31.8 Å². The molecular formula is C11H19N3. The average Bonchev–Trinajstić information content (AvgIpc) is 2.53. The van der Waals surface area contributed by atoms with Crippen LogP contribution in [0.4, 0.5) is 0 Å². The van der Waals surface area contributed by atoms with Gasteiger partial charge < -0.3 is 10.3 Å². The van der Waals surface area contributed by atoms with E-state index >= 15 is 0 Å². The molecule has 2 N–H and O–H groups in total. The highest BCUT2D eigenvalue weighted by Gasteiger charge is 2.19. The van der Waals surface area contributed by atoms with Crippen molar-refractivity contribution in [3.8, 4) is 0 Å². The van der Waals surface area contributed by atoms with Crippen LogP contribution in [-0.2, 0) is 19.3 Å². The summed E-state index contributed by atoms with van der Waals surface area (Å²) in [7, 11) is 0. The smallest absolute Gasteiger partial charge is 0.106 e. The molecular weight excluding hydrogens is 174 g/mol. The van der Waals surface area contributed by atoms with Crippen LogP contribution in [0.3, 0.4) is 0 Å². The van der Waals surface area contributed by atoms with Crippen molar-refractivity contribution in [2.24, 2.45) is 5.92 Å². The van der Waals surface area contributed by atoms with Crippen LogP contribution in [0.15, 0.2) is 0 Å². The maximum Gasteiger partial charge on any atom is 0.106 e. The van der Waals surface area contributed by atoms with Gasteiger partial charge >= 0.3 is 0 Å². The van der Waals surface area contributed by atoms with E-state index in [-0.39, 0.29) is 0 Å². The predicted octanol–water partition coefficient (Wildman–Crippen LogP) is 1.30. The summed E-state index contributed by atoms with van der Waals surface area (Å²) in [6.07, 6.45) is 3.22. The lowest BCUT2D eigenvalue weighted by molar-refractivity contribution is 0.341. The van der Waals surface area contributed by atoms with E-state index < -0.39 is 0 Å². The number of nitrogens with zero attached hydrogens (tertiary/aromatic N) is 1. The Labute approximate surface area is 85.3 Å². The molecule has 3 heteroatoms. The molecule has 1 fully saturated rings. The molecule has 2 heterocycles. The number of H-pyrrole nitrogens is 1. The molecule has 1 saturated heterocycles. The van der Waals surface area contributed by atoms with E-state index in [1.807, 2.05) is 0 Å². The Kier molecular flexibility index (Phi) is 2.87. The van der Waals surface area contributed by atoms with Gasteiger partial charge in [-0.3, -0.25) is 0 Å². The fourth-order valence-corrected chi connectivity index (χ4v) is 1.95. The van der Waals surface area contributed by atoms with Crippen molar-refractivity contribution in [2.75, 3.05) is 13.1 Å². The van der Waals surface area contributed by atoms with Gasteiger partial charge in [-0.25, -0.2) is 4.98 Å². The van der Waals surface area contributed by atoms with Gasteiger partial charge in [0, 0.05) is 12.1 Å². The summed E-state index contributed by atoms with van der Waals surface area (Å²) in [5.41, 5.74) is 2.59. The summed E-state index contributed by atoms with van der Waals surface area (Å²) in [6, 6.07) is 0. The summed E-state index contributed by atoms with van der Waals surface area (Å²) in [5, 5.41) is 3.29. The number of nitrogens with one attached hydrogen (secondary N) is 2. The molecule has 3 nitrogen and oxygen atoms in total. The van der Waals surface area contributed by atoms with Crippen molar-refractivity contribution in [3.63, 3.8) is 0 Å². The Bertz CT molecular complexity index is 278. The quantitative estimate of drug-likeness (QED) is 0.756. The minimum atomic E-state index is 0.801. The number of imidazole rings is 1. The van der Waals surface area contributed by atoms with Crippen molar-refractivity contribution in [2.45, 2.75) is 33.1 Å². The Morgan fingerprint density at radius 1 is 1.29 bits per heavy atom. The summed E-state index contributed by atoms with van der Waals surface area (Å²) < 4.78 is 0. The third-order valence-electron chi connectivity index (χ3n) is 2.95. The van der Waals surface area contributed by atoms with Gasteiger partial charge in [-0.2, -0.15) is 0 Å². The van der Waals surface area contributed by atoms with Crippen LogP contribution in [-0.4, -0.2) is 23.1 Å². The number of aryl methyl sites for hydroxylation is 2. The second kappa shape index (κ2) is 4.13. The monoisotopic (exact) mass is 193 g/mol. The molecule has 78 valence electrons. The van der Waals surface area contributed by atoms with Crippen LogP contribution < -0.4 is 5.32 Å². The molecule has 0 saturated carbocycles. The number of hydrogen-bond donors (Lipinski definition) is 2. The van der Waals surface area contributed by atoms with Crippen LogP contribution in [0, 0.1) is 5.92 Å². The highest BCUT2D eigenvalue weighted by molar-refractivity contribution is 5.15. The maximum atomic E-state index is 4.64. The fourth-order valence-electron chi connectivity index (χ4n) is 1.95. The summed E-state index contributed by atoms with van der Waals surface area (Å²) in [6.45, 7) is 6.67. The Balaban J connectivity index is 2.05. The predicted molar refractivity (Wildman–Crippen MR) is 57.4 cm³/mol. The lowest BCUT2D eigenvalue weighted by atomic mass is 9.99. The maximum absolute atomic E-state index is 4.64. The van der Waals surface area contributed by atoms with Gasteiger partial charge in [0.15, 0.2) is 0 Å². The average molecular weight is 193 g/mol. The second-order valence-corrected chi connectivity index (χ2v) is 4.04. The molecule has 2 rings (SSSR count). The molecule has 14 heavy (non-hydrogen) atoms. The van der Waals surface area contributed by atoms with Crippen molar-refractivity contribution < 1.29 is 0 Å². The minimum Gasteiger partial charge on any atom is -0.346 e. The normalized spacial score (nSPS) is 17.0. The third-order valence-corrected chi connectivity index (χ3v) is 2.95. The van der Waals surface area contributed by atoms with Gasteiger partial charge in [-0.1, -0.05) is 13.8 Å². The number of aromatic amines is 1. The van der Waals surface area contributed by atoms with Crippen LogP contribution in [0.25, 0.3) is 0 Å². The van der Waals surface area contributed by atoms with Gasteiger partial charge in [0.1, 0.15) is 5.82 Å². The van der Waals surface area contributed by atoms with Crippen LogP contribution >= 0.6 is 0 Å². The van der Waals surface area contributed by atoms with E-state index in [0.29, 0.717) is 0 Å². The zero-order chi connectivity index (χ0) is 9.97. The van der Waals surface area contributed by atoms with E-state index in [0.717, 1.165) is 38.3 Å². The van der Waals surface area contributed by atoms with Gasteiger partial charge in [-0.15, -0.1) is 0 Å². The topological polar surface area (TPSA) is 40.7 Å². The summed E-state index contributed by atoms with van der Waals surface area (Å²) in [4.78, 5) is 8.08. The number of aromatic nitrogens is 2. The Hall–Kier alpha value is -0.830. The van der Waals surface area contributed by atoms with E-state index in [2.05, 4.69) is 29.1 Å². The molecule has 0 unspecified atom stereocenters. The summed E-state index contributed by atoms with van der Waals surface area (Å²) in [5.74, 6) is 1.99. The van der Waals surface area contributed by atoms with Gasteiger partial charge in [0.25, 0.3) is 0 Å². The molecule has 0 radical (unpaired) electrons. The molecule has 0 amide bonds. The minimum absolute atomic E-state index is 0.801. The molecule has 0 aliphatic carbocycles. The largest absolute Gasteiger partial charge is 0.346 e. The number of rotatable bonds is 4. The molecule has 1 aliphatic rings. The first kappa shape index (κ1) is 9.71. The van der Waals surface area contributed by atoms with Crippen molar-refractivity contribution in [1.82, 2.24) is 15.3 Å². The zero-order valence-electron chi connectivity index (χ0n) is 9.06. The fraction of sp³-hybridized carbons (Fsp3) is 0.727. The van der Waals surface area contributed by atoms with Crippen molar-refractivity contribution in [1.29, 1.82) is 0 Å². The molecule has 0 aromatic carbocycles. The molecule has 0 bridgehead atoms. The first-order valence-electron chi connectivity index (χ1n) is 5.60. The van der Waals surface area contributed by atoms with Crippen LogP contribution in [0.2, 0.25) is 0 Å². The second-order valence-electron chi connectivity index (χ2n) is 4.04. The highest BCUT2D eigenvalue weighted by atomic mass is 15.0. The van der Waals surface area contributed by atoms with Crippen molar-refractivity contribution >= 4 is 0 Å². The highest BCUT2D eigenvalue weighted by Crippen LogP contribution is 2.13. The molecule has 1 aliphatic heterocycles. The van der Waals surface area contributed by atoms with E-state index in [4.69, 9.17) is 0 Å². The van der Waals surface area contributed by atoms with Crippen LogP contribution in [0.5, 0.6) is 0 Å². The Morgan fingerprint density at radius 2 is 2.07 bits per heavy atom. The SMILES string of the molecule is CCc1nc(CC2CNC2)[nH]c1CC. The van der Waals surface area contributed by atoms with E-state index in [1.165, 1.54) is 17.2 Å².